The monoisotopic (exact) mass is 245 g/mol. The molecular weight excluding hydrogens is 234 g/mol. The molecule has 2 nitrogen and oxygen atoms in total. The highest BCUT2D eigenvalue weighted by atomic mass is 35.5. The molecule has 1 amide bonds. The van der Waals surface area contributed by atoms with Gasteiger partial charge in [0.25, 0.3) is 0 Å². The average molecular weight is 246 g/mol. The van der Waals surface area contributed by atoms with Crippen molar-refractivity contribution in [1.29, 1.82) is 0 Å². The lowest BCUT2D eigenvalue weighted by Crippen LogP contribution is -2.05. The van der Waals surface area contributed by atoms with Gasteiger partial charge in [0, 0.05) is 23.2 Å². The summed E-state index contributed by atoms with van der Waals surface area (Å²) < 4.78 is 0. The zero-order chi connectivity index (χ0) is 12.3. The first-order chi connectivity index (χ1) is 8.16. The van der Waals surface area contributed by atoms with Gasteiger partial charge in [-0.3, -0.25) is 4.79 Å². The van der Waals surface area contributed by atoms with Gasteiger partial charge in [0.2, 0.25) is 5.91 Å². The molecular formula is C14H12ClNO. The fourth-order valence-corrected chi connectivity index (χ4v) is 1.88. The molecule has 0 aliphatic rings. The quantitative estimate of drug-likeness (QED) is 0.852. The van der Waals surface area contributed by atoms with E-state index in [1.54, 1.807) is 0 Å². The minimum atomic E-state index is -0.0736. The number of nitrogens with one attached hydrogen (secondary N) is 1. The van der Waals surface area contributed by atoms with Gasteiger partial charge in [0.1, 0.15) is 0 Å². The molecule has 0 heterocycles. The lowest BCUT2D eigenvalue weighted by Gasteiger charge is -2.06. The summed E-state index contributed by atoms with van der Waals surface area (Å²) in [7, 11) is 0. The van der Waals surface area contributed by atoms with Crippen LogP contribution in [0.1, 0.15) is 6.92 Å². The van der Waals surface area contributed by atoms with E-state index in [1.165, 1.54) is 6.92 Å². The molecule has 2 aromatic rings. The van der Waals surface area contributed by atoms with Crippen LogP contribution in [0.3, 0.4) is 0 Å². The molecule has 0 aliphatic carbocycles. The van der Waals surface area contributed by atoms with Crippen molar-refractivity contribution in [2.24, 2.45) is 0 Å². The van der Waals surface area contributed by atoms with Gasteiger partial charge in [0.05, 0.1) is 0 Å². The van der Waals surface area contributed by atoms with E-state index >= 15 is 0 Å². The van der Waals surface area contributed by atoms with Crippen LogP contribution in [-0.4, -0.2) is 5.91 Å². The molecule has 0 spiro atoms. The molecule has 0 bridgehead atoms. The van der Waals surface area contributed by atoms with E-state index in [0.29, 0.717) is 0 Å². The molecule has 0 atom stereocenters. The van der Waals surface area contributed by atoms with E-state index < -0.39 is 0 Å². The van der Waals surface area contributed by atoms with Gasteiger partial charge in [-0.05, 0) is 23.8 Å². The number of carbonyl (C=O) groups is 1. The van der Waals surface area contributed by atoms with Gasteiger partial charge in [-0.1, -0.05) is 41.9 Å². The molecule has 1 N–H and O–H groups in total. The Kier molecular flexibility index (Phi) is 3.45. The maximum absolute atomic E-state index is 10.9. The van der Waals surface area contributed by atoms with Crippen molar-refractivity contribution in [2.45, 2.75) is 6.92 Å². The minimum Gasteiger partial charge on any atom is -0.326 e. The third kappa shape index (κ3) is 2.86. The summed E-state index contributed by atoms with van der Waals surface area (Å²) >= 11 is 6.11. The van der Waals surface area contributed by atoms with Gasteiger partial charge >= 0.3 is 0 Å². The molecule has 0 radical (unpaired) electrons. The van der Waals surface area contributed by atoms with Crippen LogP contribution in [0, 0.1) is 0 Å². The SMILES string of the molecule is CC(=O)Nc1ccc(-c2ccccc2Cl)cc1. The summed E-state index contributed by atoms with van der Waals surface area (Å²) in [5.74, 6) is -0.0736. The summed E-state index contributed by atoms with van der Waals surface area (Å²) in [5.41, 5.74) is 2.81. The number of anilines is 1. The Morgan fingerprint density at radius 2 is 1.71 bits per heavy atom. The maximum Gasteiger partial charge on any atom is 0.221 e. The predicted molar refractivity (Wildman–Crippen MR) is 71.2 cm³/mol. The average Bonchev–Trinajstić information content (AvgIpc) is 2.30. The van der Waals surface area contributed by atoms with Crippen LogP contribution >= 0.6 is 11.6 Å². The molecule has 0 unspecified atom stereocenters. The van der Waals surface area contributed by atoms with Gasteiger partial charge in [-0.2, -0.15) is 0 Å². The Hall–Kier alpha value is -1.80. The molecule has 0 fully saturated rings. The van der Waals surface area contributed by atoms with Crippen molar-refractivity contribution < 1.29 is 4.79 Å². The molecule has 0 aromatic heterocycles. The highest BCUT2D eigenvalue weighted by Crippen LogP contribution is 2.28. The smallest absolute Gasteiger partial charge is 0.221 e. The molecule has 86 valence electrons. The second-order valence-corrected chi connectivity index (χ2v) is 4.15. The first kappa shape index (κ1) is 11.7. The fraction of sp³-hybridized carbons (Fsp3) is 0.0714. The lowest BCUT2D eigenvalue weighted by molar-refractivity contribution is -0.114. The first-order valence-corrected chi connectivity index (χ1v) is 5.67. The number of hydrogen-bond donors (Lipinski definition) is 1. The van der Waals surface area contributed by atoms with Crippen molar-refractivity contribution >= 4 is 23.2 Å². The Labute approximate surface area is 105 Å². The summed E-state index contributed by atoms with van der Waals surface area (Å²) in [6, 6.07) is 15.3. The van der Waals surface area contributed by atoms with E-state index in [1.807, 2.05) is 48.5 Å². The number of rotatable bonds is 2. The van der Waals surface area contributed by atoms with Crippen molar-refractivity contribution in [3.05, 3.63) is 53.6 Å². The Balaban J connectivity index is 2.30. The van der Waals surface area contributed by atoms with E-state index in [-0.39, 0.29) is 5.91 Å². The standard InChI is InChI=1S/C14H12ClNO/c1-10(17)16-12-8-6-11(7-9-12)13-4-2-3-5-14(13)15/h2-9H,1H3,(H,16,17). The van der Waals surface area contributed by atoms with Crippen LogP contribution in [0.4, 0.5) is 5.69 Å². The first-order valence-electron chi connectivity index (χ1n) is 5.29. The number of carbonyl (C=O) groups excluding carboxylic acids is 1. The van der Waals surface area contributed by atoms with Crippen LogP contribution in [-0.2, 0) is 4.79 Å². The topological polar surface area (TPSA) is 29.1 Å². The molecule has 0 saturated heterocycles. The molecule has 2 aromatic carbocycles. The highest BCUT2D eigenvalue weighted by Gasteiger charge is 2.02. The number of hydrogen-bond acceptors (Lipinski definition) is 1. The zero-order valence-electron chi connectivity index (χ0n) is 9.41. The van der Waals surface area contributed by atoms with Crippen molar-refractivity contribution in [3.8, 4) is 11.1 Å². The van der Waals surface area contributed by atoms with E-state index in [0.717, 1.165) is 21.8 Å². The van der Waals surface area contributed by atoms with E-state index in [9.17, 15) is 4.79 Å². The molecule has 2 rings (SSSR count). The molecule has 0 aliphatic heterocycles. The zero-order valence-corrected chi connectivity index (χ0v) is 10.2. The number of benzene rings is 2. The second-order valence-electron chi connectivity index (χ2n) is 3.74. The normalized spacial score (nSPS) is 10.0. The van der Waals surface area contributed by atoms with Crippen LogP contribution in [0.15, 0.2) is 48.5 Å². The van der Waals surface area contributed by atoms with Gasteiger partial charge in [0.15, 0.2) is 0 Å². The fourth-order valence-electron chi connectivity index (χ4n) is 1.63. The van der Waals surface area contributed by atoms with Crippen LogP contribution < -0.4 is 5.32 Å². The predicted octanol–water partition coefficient (Wildman–Crippen LogP) is 3.97. The van der Waals surface area contributed by atoms with Crippen LogP contribution in [0.5, 0.6) is 0 Å². The summed E-state index contributed by atoms with van der Waals surface area (Å²) in [5, 5.41) is 3.45. The van der Waals surface area contributed by atoms with E-state index in [2.05, 4.69) is 5.32 Å². The third-order valence-electron chi connectivity index (χ3n) is 2.39. The highest BCUT2D eigenvalue weighted by molar-refractivity contribution is 6.33. The van der Waals surface area contributed by atoms with Crippen molar-refractivity contribution in [1.82, 2.24) is 0 Å². The van der Waals surface area contributed by atoms with E-state index in [4.69, 9.17) is 11.6 Å². The van der Waals surface area contributed by atoms with Crippen LogP contribution in [0.25, 0.3) is 11.1 Å². The Morgan fingerprint density at radius 1 is 1.06 bits per heavy atom. The summed E-state index contributed by atoms with van der Waals surface area (Å²) in [6.07, 6.45) is 0. The van der Waals surface area contributed by atoms with Crippen LogP contribution in [0.2, 0.25) is 5.02 Å². The molecule has 3 heteroatoms. The number of amides is 1. The van der Waals surface area contributed by atoms with Gasteiger partial charge in [-0.15, -0.1) is 0 Å². The van der Waals surface area contributed by atoms with Gasteiger partial charge < -0.3 is 5.32 Å². The van der Waals surface area contributed by atoms with Gasteiger partial charge in [-0.25, -0.2) is 0 Å². The van der Waals surface area contributed by atoms with Crippen molar-refractivity contribution in [2.75, 3.05) is 5.32 Å². The number of halogens is 1. The molecule has 17 heavy (non-hydrogen) atoms. The summed E-state index contributed by atoms with van der Waals surface area (Å²) in [6.45, 7) is 1.49. The lowest BCUT2D eigenvalue weighted by atomic mass is 10.1. The second kappa shape index (κ2) is 5.02. The maximum atomic E-state index is 10.9. The largest absolute Gasteiger partial charge is 0.326 e. The molecule has 0 saturated carbocycles. The minimum absolute atomic E-state index is 0.0736. The summed E-state index contributed by atoms with van der Waals surface area (Å²) in [4.78, 5) is 10.9. The third-order valence-corrected chi connectivity index (χ3v) is 2.72. The Bertz CT molecular complexity index is 534. The Morgan fingerprint density at radius 3 is 2.29 bits per heavy atom. The van der Waals surface area contributed by atoms with Crippen molar-refractivity contribution in [3.63, 3.8) is 0 Å².